The van der Waals surface area contributed by atoms with Crippen LogP contribution in [0.5, 0.6) is 5.75 Å². The topological polar surface area (TPSA) is 181 Å². The van der Waals surface area contributed by atoms with Crippen molar-refractivity contribution in [2.75, 3.05) is 16.6 Å². The summed E-state index contributed by atoms with van der Waals surface area (Å²) in [6, 6.07) is 3.04. The van der Waals surface area contributed by atoms with E-state index in [-0.39, 0.29) is 39.1 Å². The third kappa shape index (κ3) is 7.78. The molecule has 0 saturated carbocycles. The average molecular weight is 617 g/mol. The summed E-state index contributed by atoms with van der Waals surface area (Å²) in [4.78, 5) is 29.8. The van der Waals surface area contributed by atoms with Gasteiger partial charge in [0.1, 0.15) is 26.2 Å². The first-order chi connectivity index (χ1) is 18.8. The number of nitrogens with zero attached hydrogens (tertiary/aromatic N) is 2. The Morgan fingerprint density at radius 1 is 1.15 bits per heavy atom. The van der Waals surface area contributed by atoms with E-state index in [1.54, 1.807) is 33.8 Å². The third-order valence-corrected chi connectivity index (χ3v) is 8.59. The highest BCUT2D eigenvalue weighted by atomic mass is 35.5. The van der Waals surface area contributed by atoms with Crippen molar-refractivity contribution in [3.8, 4) is 5.75 Å². The Bertz CT molecular complexity index is 1490. The van der Waals surface area contributed by atoms with E-state index >= 15 is 0 Å². The van der Waals surface area contributed by atoms with Crippen molar-refractivity contribution in [1.82, 2.24) is 10.5 Å². The maximum atomic E-state index is 13.3. The Labute approximate surface area is 239 Å². The highest BCUT2D eigenvalue weighted by Crippen LogP contribution is 2.35. The lowest BCUT2D eigenvalue weighted by Crippen LogP contribution is -2.19. The van der Waals surface area contributed by atoms with Crippen molar-refractivity contribution < 1.29 is 42.5 Å². The smallest absolute Gasteiger partial charge is 0.311 e. The van der Waals surface area contributed by atoms with E-state index in [0.717, 1.165) is 11.3 Å². The van der Waals surface area contributed by atoms with Crippen LogP contribution in [0.2, 0.25) is 5.02 Å². The van der Waals surface area contributed by atoms with Crippen LogP contribution < -0.4 is 14.8 Å². The lowest BCUT2D eigenvalue weighted by atomic mass is 10.0. The molecule has 40 heavy (non-hydrogen) atoms. The highest BCUT2D eigenvalue weighted by molar-refractivity contribution is 7.93. The number of benzene rings is 1. The van der Waals surface area contributed by atoms with Crippen molar-refractivity contribution in [1.29, 1.82) is 0 Å². The Hall–Kier alpha value is -3.05. The number of hydrogen-bond acceptors (Lipinski definition) is 12. The van der Waals surface area contributed by atoms with Crippen LogP contribution in [0.3, 0.4) is 0 Å². The van der Waals surface area contributed by atoms with Crippen LogP contribution in [0.4, 0.5) is 11.6 Å². The molecule has 0 radical (unpaired) electrons. The van der Waals surface area contributed by atoms with Crippen molar-refractivity contribution >= 4 is 56.4 Å². The molecule has 13 nitrogen and oxygen atoms in total. The number of hydrogen-bond donors (Lipinski definition) is 4. The minimum absolute atomic E-state index is 0.00605. The summed E-state index contributed by atoms with van der Waals surface area (Å²) in [7, 11) is -4.24. The number of carbonyl (C=O) groups excluding carboxylic acids is 2. The maximum Gasteiger partial charge on any atom is 0.311 e. The van der Waals surface area contributed by atoms with E-state index in [1.807, 2.05) is 0 Å². The number of esters is 1. The molecule has 0 atom stereocenters. The number of thiophene rings is 1. The molecule has 0 aliphatic heterocycles. The predicted molar refractivity (Wildman–Crippen MR) is 145 cm³/mol. The third-order valence-electron chi connectivity index (χ3n) is 5.73. The number of halogens is 1. The first-order valence-electron chi connectivity index (χ1n) is 12.0. The molecule has 4 N–H and O–H groups in total. The molecule has 0 spiro atoms. The van der Waals surface area contributed by atoms with E-state index in [4.69, 9.17) is 31.3 Å². The number of carbonyl (C=O) groups is 2. The van der Waals surface area contributed by atoms with Gasteiger partial charge in [0, 0.05) is 12.0 Å². The molecule has 218 valence electrons. The minimum Gasteiger partial charge on any atom is -0.426 e. The summed E-state index contributed by atoms with van der Waals surface area (Å²) in [5.41, 5.74) is 2.56. The number of anilines is 2. The number of nitrogens with one attached hydrogen (secondary N) is 2. The molecular weight excluding hydrogens is 588 g/mol. The maximum absolute atomic E-state index is 13.3. The molecule has 1 aromatic carbocycles. The Kier molecular flexibility index (Phi) is 10.7. The van der Waals surface area contributed by atoms with Gasteiger partial charge in [-0.1, -0.05) is 29.2 Å². The normalized spacial score (nSPS) is 11.6. The number of aromatic nitrogens is 1. The molecule has 16 heteroatoms. The van der Waals surface area contributed by atoms with Gasteiger partial charge >= 0.3 is 5.97 Å². The first-order valence-corrected chi connectivity index (χ1v) is 14.7. The van der Waals surface area contributed by atoms with E-state index < -0.39 is 21.9 Å². The number of rotatable bonds is 13. The Morgan fingerprint density at radius 2 is 1.88 bits per heavy atom. The van der Waals surface area contributed by atoms with Gasteiger partial charge in [-0.2, -0.15) is 0 Å². The zero-order valence-electron chi connectivity index (χ0n) is 22.1. The zero-order chi connectivity index (χ0) is 29.6. The van der Waals surface area contributed by atoms with Gasteiger partial charge < -0.3 is 14.6 Å². The molecule has 3 rings (SSSR count). The van der Waals surface area contributed by atoms with Gasteiger partial charge in [0.15, 0.2) is 0 Å². The second-order valence-electron chi connectivity index (χ2n) is 8.79. The number of unbranched alkanes of at least 4 members (excludes halogenated alkanes) is 2. The van der Waals surface area contributed by atoms with Crippen LogP contribution in [0.1, 0.15) is 57.7 Å². The SMILES string of the molecule is Cc1cc(C)c(OC(=O)CCCCCON(O)O)c(C)c1NC(=O)c1sccc1S(=O)(=O)Nc1onc(C)c1Cl. The van der Waals surface area contributed by atoms with Crippen LogP contribution in [0, 0.1) is 27.7 Å². The van der Waals surface area contributed by atoms with Gasteiger partial charge in [-0.3, -0.25) is 24.8 Å². The standard InChI is InChI=1S/C24H29ClN4O9S2/c1-13-12-14(2)21(37-18(30)8-6-5-7-10-36-29(32)33)15(3)20(13)26-23(31)22-17(9-11-39-22)40(34,35)28-24-19(25)16(4)27-38-24/h9,11-12,28,32-33H,5-8,10H2,1-4H3,(H,26,31). The molecule has 0 bridgehead atoms. The monoisotopic (exact) mass is 616 g/mol. The Morgan fingerprint density at radius 3 is 2.52 bits per heavy atom. The fraction of sp³-hybridized carbons (Fsp3) is 0.375. The molecule has 0 saturated heterocycles. The summed E-state index contributed by atoms with van der Waals surface area (Å²) in [6.07, 6.45) is 1.72. The molecule has 0 aliphatic rings. The summed E-state index contributed by atoms with van der Waals surface area (Å²) in [5, 5.41) is 24.5. The fourth-order valence-corrected chi connectivity index (χ4v) is 6.31. The van der Waals surface area contributed by atoms with E-state index in [1.165, 1.54) is 11.4 Å². The van der Waals surface area contributed by atoms with Crippen LogP contribution in [-0.4, -0.2) is 47.9 Å². The zero-order valence-corrected chi connectivity index (χ0v) is 24.5. The van der Waals surface area contributed by atoms with Crippen molar-refractivity contribution in [2.45, 2.75) is 58.3 Å². The number of amides is 1. The summed E-state index contributed by atoms with van der Waals surface area (Å²) in [5.74, 6) is -1.11. The van der Waals surface area contributed by atoms with Gasteiger partial charge in [-0.25, -0.2) is 13.1 Å². The molecule has 0 aliphatic carbocycles. The van der Waals surface area contributed by atoms with Crippen molar-refractivity contribution in [3.05, 3.63) is 49.8 Å². The van der Waals surface area contributed by atoms with Crippen LogP contribution in [0.25, 0.3) is 0 Å². The number of aryl methyl sites for hydroxylation is 3. The van der Waals surface area contributed by atoms with E-state index in [2.05, 4.69) is 20.0 Å². The number of sulfonamides is 1. The van der Waals surface area contributed by atoms with Gasteiger partial charge in [0.05, 0.1) is 17.7 Å². The molecule has 2 aromatic heterocycles. The lowest BCUT2D eigenvalue weighted by molar-refractivity contribution is -0.492. The average Bonchev–Trinajstić information content (AvgIpc) is 3.50. The fourth-order valence-electron chi connectivity index (χ4n) is 3.82. The van der Waals surface area contributed by atoms with Gasteiger partial charge in [0.25, 0.3) is 21.8 Å². The molecule has 2 heterocycles. The van der Waals surface area contributed by atoms with Crippen LogP contribution in [0.15, 0.2) is 26.9 Å². The first kappa shape index (κ1) is 31.5. The predicted octanol–water partition coefficient (Wildman–Crippen LogP) is 5.15. The molecule has 3 aromatic rings. The second-order valence-corrected chi connectivity index (χ2v) is 11.7. The lowest BCUT2D eigenvalue weighted by Gasteiger charge is -2.18. The number of ether oxygens (including phenoxy) is 1. The summed E-state index contributed by atoms with van der Waals surface area (Å²) in [6.45, 7) is 6.86. The van der Waals surface area contributed by atoms with Gasteiger partial charge in [0.2, 0.25) is 0 Å². The second kappa shape index (κ2) is 13.5. The summed E-state index contributed by atoms with van der Waals surface area (Å²) >= 11 is 6.96. The highest BCUT2D eigenvalue weighted by Gasteiger charge is 2.28. The minimum atomic E-state index is -4.24. The van der Waals surface area contributed by atoms with Crippen molar-refractivity contribution in [3.63, 3.8) is 0 Å². The van der Waals surface area contributed by atoms with Crippen LogP contribution >= 0.6 is 22.9 Å². The van der Waals surface area contributed by atoms with E-state index in [9.17, 15) is 18.0 Å². The van der Waals surface area contributed by atoms with Crippen LogP contribution in [-0.2, 0) is 19.7 Å². The molecule has 0 unspecified atom stereocenters. The van der Waals surface area contributed by atoms with E-state index in [0.29, 0.717) is 53.1 Å². The Balaban J connectivity index is 1.73. The largest absolute Gasteiger partial charge is 0.426 e. The molecule has 1 amide bonds. The quantitative estimate of drug-likeness (QED) is 0.0862. The van der Waals surface area contributed by atoms with Gasteiger partial charge in [-0.15, -0.1) is 11.3 Å². The van der Waals surface area contributed by atoms with Gasteiger partial charge in [-0.05, 0) is 63.1 Å². The molecular formula is C24H29ClN4O9S2. The van der Waals surface area contributed by atoms with Crippen molar-refractivity contribution in [2.24, 2.45) is 0 Å². The molecule has 0 fully saturated rings. The summed E-state index contributed by atoms with van der Waals surface area (Å²) < 4.78 is 38.8.